The summed E-state index contributed by atoms with van der Waals surface area (Å²) in [7, 11) is 0. The minimum atomic E-state index is -0.807. The van der Waals surface area contributed by atoms with Crippen LogP contribution in [0.3, 0.4) is 0 Å². The summed E-state index contributed by atoms with van der Waals surface area (Å²) in [6, 6.07) is 2.29. The largest absolute Gasteiger partial charge is 0.481 e. The number of aromatic nitrogens is 4. The van der Waals surface area contributed by atoms with Crippen molar-refractivity contribution in [2.24, 2.45) is 5.92 Å². The lowest BCUT2D eigenvalue weighted by molar-refractivity contribution is -0.151. The van der Waals surface area contributed by atoms with E-state index in [0.717, 1.165) is 17.7 Å². The van der Waals surface area contributed by atoms with Crippen LogP contribution in [-0.2, 0) is 16.1 Å². The number of carboxylic acids is 1. The summed E-state index contributed by atoms with van der Waals surface area (Å²) in [6.45, 7) is 5.31. The fourth-order valence-electron chi connectivity index (χ4n) is 2.89. The zero-order valence-electron chi connectivity index (χ0n) is 13.4. The highest BCUT2D eigenvalue weighted by Crippen LogP contribution is 2.33. The summed E-state index contributed by atoms with van der Waals surface area (Å²) in [6.07, 6.45) is 6.53. The quantitative estimate of drug-likeness (QED) is 0.914. The molecule has 0 bridgehead atoms. The maximum atomic E-state index is 11.4. The van der Waals surface area contributed by atoms with E-state index in [1.807, 2.05) is 23.1 Å². The number of aliphatic carboxylic acids is 1. The van der Waals surface area contributed by atoms with E-state index in [2.05, 4.69) is 24.0 Å². The Balaban J connectivity index is 1.73. The highest BCUT2D eigenvalue weighted by molar-refractivity contribution is 5.71. The molecular weight excluding hydrogens is 296 g/mol. The van der Waals surface area contributed by atoms with Gasteiger partial charge in [0.05, 0.1) is 30.5 Å². The number of hydrogen-bond acceptors (Lipinski definition) is 4. The third-order valence-electron chi connectivity index (χ3n) is 4.14. The molecule has 3 rings (SSSR count). The van der Waals surface area contributed by atoms with Crippen LogP contribution in [0.1, 0.15) is 50.1 Å². The fraction of sp³-hybridized carbons (Fsp3) is 0.562. The second kappa shape index (κ2) is 6.54. The van der Waals surface area contributed by atoms with E-state index in [9.17, 15) is 9.90 Å². The third-order valence-corrected chi connectivity index (χ3v) is 4.14. The molecule has 2 aromatic rings. The van der Waals surface area contributed by atoms with Crippen molar-refractivity contribution in [3.05, 3.63) is 35.9 Å². The number of carbonyl (C=O) groups is 1. The van der Waals surface area contributed by atoms with Gasteiger partial charge in [-0.25, -0.2) is 0 Å². The Morgan fingerprint density at radius 3 is 3.04 bits per heavy atom. The predicted molar refractivity (Wildman–Crippen MR) is 83.0 cm³/mol. The van der Waals surface area contributed by atoms with Crippen LogP contribution in [0.15, 0.2) is 24.7 Å². The Morgan fingerprint density at radius 2 is 2.35 bits per heavy atom. The van der Waals surface area contributed by atoms with Crippen molar-refractivity contribution in [2.45, 2.75) is 45.4 Å². The SMILES string of the molecule is CC(C)n1ccc(Cn2cc([C@@H]3OCCC[C@H]3C(=O)O)cn2)n1. The van der Waals surface area contributed by atoms with Gasteiger partial charge in [-0.3, -0.25) is 14.2 Å². The highest BCUT2D eigenvalue weighted by Gasteiger charge is 2.33. The molecule has 1 aliphatic rings. The van der Waals surface area contributed by atoms with Gasteiger partial charge in [0.2, 0.25) is 0 Å². The first kappa shape index (κ1) is 15.7. The van der Waals surface area contributed by atoms with Gasteiger partial charge in [-0.2, -0.15) is 10.2 Å². The van der Waals surface area contributed by atoms with Crippen LogP contribution in [-0.4, -0.2) is 37.2 Å². The molecule has 0 aromatic carbocycles. The van der Waals surface area contributed by atoms with Crippen LogP contribution in [0.4, 0.5) is 0 Å². The molecule has 1 N–H and O–H groups in total. The zero-order chi connectivity index (χ0) is 16.4. The van der Waals surface area contributed by atoms with E-state index in [1.165, 1.54) is 0 Å². The number of rotatable bonds is 5. The van der Waals surface area contributed by atoms with Crippen molar-refractivity contribution in [1.82, 2.24) is 19.6 Å². The molecule has 1 saturated heterocycles. The van der Waals surface area contributed by atoms with Gasteiger partial charge in [0, 0.05) is 30.6 Å². The fourth-order valence-corrected chi connectivity index (χ4v) is 2.89. The Bertz CT molecular complexity index is 676. The van der Waals surface area contributed by atoms with E-state index in [-0.39, 0.29) is 0 Å². The Labute approximate surface area is 134 Å². The molecule has 23 heavy (non-hydrogen) atoms. The number of ether oxygens (including phenoxy) is 1. The molecule has 0 unspecified atom stereocenters. The molecule has 0 amide bonds. The summed E-state index contributed by atoms with van der Waals surface area (Å²) in [5.41, 5.74) is 1.74. The van der Waals surface area contributed by atoms with Crippen molar-refractivity contribution < 1.29 is 14.6 Å². The third kappa shape index (κ3) is 3.44. The maximum absolute atomic E-state index is 11.4. The average Bonchev–Trinajstić information content (AvgIpc) is 3.17. The molecule has 2 atom stereocenters. The zero-order valence-corrected chi connectivity index (χ0v) is 13.4. The van der Waals surface area contributed by atoms with Crippen LogP contribution in [0.2, 0.25) is 0 Å². The minimum absolute atomic E-state index is 0.323. The van der Waals surface area contributed by atoms with E-state index < -0.39 is 18.0 Å². The second-order valence-electron chi connectivity index (χ2n) is 6.23. The lowest BCUT2D eigenvalue weighted by Gasteiger charge is -2.28. The first-order chi connectivity index (χ1) is 11.0. The van der Waals surface area contributed by atoms with Gasteiger partial charge >= 0.3 is 5.97 Å². The van der Waals surface area contributed by atoms with Crippen LogP contribution in [0.5, 0.6) is 0 Å². The van der Waals surface area contributed by atoms with Gasteiger partial charge in [0.1, 0.15) is 0 Å². The first-order valence-electron chi connectivity index (χ1n) is 7.95. The summed E-state index contributed by atoms with van der Waals surface area (Å²) >= 11 is 0. The number of carboxylic acid groups (broad SMARTS) is 1. The second-order valence-corrected chi connectivity index (χ2v) is 6.23. The highest BCUT2D eigenvalue weighted by atomic mass is 16.5. The Hall–Kier alpha value is -2.15. The molecule has 7 nitrogen and oxygen atoms in total. The lowest BCUT2D eigenvalue weighted by atomic mass is 9.91. The minimum Gasteiger partial charge on any atom is -0.481 e. The molecular formula is C16H22N4O3. The van der Waals surface area contributed by atoms with Crippen LogP contribution >= 0.6 is 0 Å². The molecule has 3 heterocycles. The molecule has 1 aliphatic heterocycles. The van der Waals surface area contributed by atoms with Gasteiger partial charge in [0.25, 0.3) is 0 Å². The molecule has 2 aromatic heterocycles. The maximum Gasteiger partial charge on any atom is 0.309 e. The van der Waals surface area contributed by atoms with Gasteiger partial charge < -0.3 is 9.84 Å². The molecule has 0 radical (unpaired) electrons. The monoisotopic (exact) mass is 318 g/mol. The van der Waals surface area contributed by atoms with Gasteiger partial charge in [-0.1, -0.05) is 0 Å². The average molecular weight is 318 g/mol. The van der Waals surface area contributed by atoms with Gasteiger partial charge in [-0.05, 0) is 32.8 Å². The van der Waals surface area contributed by atoms with Crippen LogP contribution < -0.4 is 0 Å². The number of nitrogens with zero attached hydrogens (tertiary/aromatic N) is 4. The van der Waals surface area contributed by atoms with E-state index >= 15 is 0 Å². The van der Waals surface area contributed by atoms with Crippen LogP contribution in [0, 0.1) is 5.92 Å². The molecule has 124 valence electrons. The van der Waals surface area contributed by atoms with E-state index in [4.69, 9.17) is 4.74 Å². The van der Waals surface area contributed by atoms with Crippen molar-refractivity contribution in [1.29, 1.82) is 0 Å². The standard InChI is InChI=1S/C16H22N4O3/c1-11(2)20-6-5-13(18-20)10-19-9-12(8-17-19)15-14(16(21)22)4-3-7-23-15/h5-6,8-9,11,14-15H,3-4,7,10H2,1-2H3,(H,21,22)/t14-,15+/m1/s1. The summed E-state index contributed by atoms with van der Waals surface area (Å²) in [5.74, 6) is -1.31. The molecule has 0 spiro atoms. The van der Waals surface area contributed by atoms with Gasteiger partial charge in [0.15, 0.2) is 0 Å². The predicted octanol–water partition coefficient (Wildman–Crippen LogP) is 2.26. The molecule has 7 heteroatoms. The molecule has 0 aliphatic carbocycles. The van der Waals surface area contributed by atoms with E-state index in [1.54, 1.807) is 10.9 Å². The van der Waals surface area contributed by atoms with Crippen LogP contribution in [0.25, 0.3) is 0 Å². The Kier molecular flexibility index (Phi) is 4.47. The van der Waals surface area contributed by atoms with Crippen molar-refractivity contribution in [2.75, 3.05) is 6.61 Å². The normalized spacial score (nSPS) is 21.7. The Morgan fingerprint density at radius 1 is 1.52 bits per heavy atom. The first-order valence-corrected chi connectivity index (χ1v) is 7.95. The summed E-state index contributed by atoms with van der Waals surface area (Å²) in [5, 5.41) is 18.2. The lowest BCUT2D eigenvalue weighted by Crippen LogP contribution is -2.28. The van der Waals surface area contributed by atoms with Gasteiger partial charge in [-0.15, -0.1) is 0 Å². The van der Waals surface area contributed by atoms with Crippen molar-refractivity contribution >= 4 is 5.97 Å². The topological polar surface area (TPSA) is 82.2 Å². The smallest absolute Gasteiger partial charge is 0.309 e. The summed E-state index contributed by atoms with van der Waals surface area (Å²) < 4.78 is 9.37. The van der Waals surface area contributed by atoms with E-state index in [0.29, 0.717) is 25.6 Å². The van der Waals surface area contributed by atoms with Crippen molar-refractivity contribution in [3.63, 3.8) is 0 Å². The van der Waals surface area contributed by atoms with Crippen molar-refractivity contribution in [3.8, 4) is 0 Å². The molecule has 1 fully saturated rings. The summed E-state index contributed by atoms with van der Waals surface area (Å²) in [4.78, 5) is 11.4. The number of hydrogen-bond donors (Lipinski definition) is 1. The molecule has 0 saturated carbocycles.